The maximum atomic E-state index is 12.9. The number of hydrogen-bond donors (Lipinski definition) is 1. The molecule has 6 nitrogen and oxygen atoms in total. The number of amides is 1. The first kappa shape index (κ1) is 20.5. The van der Waals surface area contributed by atoms with E-state index in [1.54, 1.807) is 6.26 Å². The largest absolute Gasteiger partial charge is 0.467 e. The van der Waals surface area contributed by atoms with E-state index in [4.69, 9.17) is 4.42 Å². The van der Waals surface area contributed by atoms with Crippen LogP contribution in [0.1, 0.15) is 70.9 Å². The molecule has 2 aromatic rings. The van der Waals surface area contributed by atoms with Crippen molar-refractivity contribution in [2.24, 2.45) is 17.8 Å². The number of thioether (sulfide) groups is 1. The van der Waals surface area contributed by atoms with E-state index in [2.05, 4.69) is 40.9 Å². The Bertz CT molecular complexity index is 832. The number of furan rings is 1. The Kier molecular flexibility index (Phi) is 6.04. The van der Waals surface area contributed by atoms with Gasteiger partial charge in [0.05, 0.1) is 18.1 Å². The van der Waals surface area contributed by atoms with E-state index in [-0.39, 0.29) is 23.1 Å². The quantitative estimate of drug-likeness (QED) is 0.643. The average Bonchev–Trinajstić information content (AvgIpc) is 3.47. The first-order valence-corrected chi connectivity index (χ1v) is 11.7. The second kappa shape index (κ2) is 8.54. The first-order valence-electron chi connectivity index (χ1n) is 10.8. The number of carbonyl (C=O) groups is 1. The average molecular weight is 417 g/mol. The molecule has 0 aliphatic heterocycles. The fourth-order valence-corrected chi connectivity index (χ4v) is 5.95. The summed E-state index contributed by atoms with van der Waals surface area (Å²) in [5.74, 6) is 4.44. The molecule has 1 amide bonds. The minimum Gasteiger partial charge on any atom is -0.467 e. The van der Waals surface area contributed by atoms with Gasteiger partial charge >= 0.3 is 0 Å². The van der Waals surface area contributed by atoms with Crippen LogP contribution in [0, 0.1) is 17.8 Å². The molecule has 0 spiro atoms. The van der Waals surface area contributed by atoms with Gasteiger partial charge in [-0.05, 0) is 63.0 Å². The Morgan fingerprint density at radius 2 is 2.10 bits per heavy atom. The maximum Gasteiger partial charge on any atom is 0.233 e. The summed E-state index contributed by atoms with van der Waals surface area (Å²) in [7, 11) is 0. The van der Waals surface area contributed by atoms with Gasteiger partial charge in [-0.2, -0.15) is 0 Å². The normalized spacial score (nSPS) is 25.5. The Hall–Kier alpha value is -1.76. The van der Waals surface area contributed by atoms with Crippen LogP contribution >= 0.6 is 11.8 Å². The molecule has 0 radical (unpaired) electrons. The zero-order valence-electron chi connectivity index (χ0n) is 17.8. The molecule has 2 fully saturated rings. The van der Waals surface area contributed by atoms with E-state index in [0.29, 0.717) is 12.5 Å². The van der Waals surface area contributed by atoms with Crippen LogP contribution in [0.3, 0.4) is 0 Å². The van der Waals surface area contributed by atoms with Crippen molar-refractivity contribution in [1.29, 1.82) is 0 Å². The number of rotatable bonds is 8. The highest BCUT2D eigenvalue weighted by Gasteiger charge is 2.42. The van der Waals surface area contributed by atoms with Crippen LogP contribution in [0.15, 0.2) is 28.0 Å². The van der Waals surface area contributed by atoms with Gasteiger partial charge in [-0.1, -0.05) is 32.0 Å². The van der Waals surface area contributed by atoms with Crippen LogP contribution < -0.4 is 5.32 Å². The van der Waals surface area contributed by atoms with Crippen molar-refractivity contribution >= 4 is 17.7 Å². The van der Waals surface area contributed by atoms with Gasteiger partial charge in [0.25, 0.3) is 0 Å². The summed E-state index contributed by atoms with van der Waals surface area (Å²) in [6, 6.07) is 4.08. The van der Waals surface area contributed by atoms with Crippen molar-refractivity contribution in [3.63, 3.8) is 0 Å². The summed E-state index contributed by atoms with van der Waals surface area (Å²) in [4.78, 5) is 12.9. The van der Waals surface area contributed by atoms with Crippen LogP contribution in [-0.2, 0) is 11.3 Å². The zero-order valence-corrected chi connectivity index (χ0v) is 18.6. The second-order valence-electron chi connectivity index (χ2n) is 9.06. The van der Waals surface area contributed by atoms with Gasteiger partial charge in [-0.25, -0.2) is 0 Å². The number of nitrogens with zero attached hydrogens (tertiary/aromatic N) is 3. The monoisotopic (exact) mass is 416 g/mol. The van der Waals surface area contributed by atoms with Crippen molar-refractivity contribution in [3.05, 3.63) is 30.0 Å². The van der Waals surface area contributed by atoms with E-state index in [0.717, 1.165) is 28.6 Å². The highest BCUT2D eigenvalue weighted by atomic mass is 32.2. The molecule has 158 valence electrons. The number of aromatic nitrogens is 3. The van der Waals surface area contributed by atoms with Gasteiger partial charge < -0.3 is 9.73 Å². The SMILES string of the molecule is CC(Sc1nnc(C(C)C)n1Cc1ccco1)C(=O)NC(C)C1CC2CCC1C2. The van der Waals surface area contributed by atoms with Crippen molar-refractivity contribution < 1.29 is 9.21 Å². The lowest BCUT2D eigenvalue weighted by atomic mass is 9.84. The first-order chi connectivity index (χ1) is 13.9. The highest BCUT2D eigenvalue weighted by molar-refractivity contribution is 8.00. The third-order valence-corrected chi connectivity index (χ3v) is 7.69. The number of nitrogens with one attached hydrogen (secondary N) is 1. The standard InChI is InChI=1S/C22H32N4O2S/c1-13(2)20-24-25-22(26(20)12-18-6-5-9-28-18)29-15(4)21(27)23-14(3)19-11-16-7-8-17(19)10-16/h5-6,9,13-17,19H,7-8,10-12H2,1-4H3,(H,23,27). The Morgan fingerprint density at radius 3 is 2.72 bits per heavy atom. The van der Waals surface area contributed by atoms with Gasteiger partial charge in [0, 0.05) is 12.0 Å². The molecule has 0 saturated heterocycles. The molecule has 2 heterocycles. The van der Waals surface area contributed by atoms with Crippen molar-refractivity contribution in [1.82, 2.24) is 20.1 Å². The van der Waals surface area contributed by atoms with Gasteiger partial charge in [0.1, 0.15) is 11.6 Å². The van der Waals surface area contributed by atoms with Crippen molar-refractivity contribution in [2.45, 2.75) is 82.3 Å². The molecular weight excluding hydrogens is 384 g/mol. The summed E-state index contributed by atoms with van der Waals surface area (Å²) in [5, 5.41) is 12.6. The molecular formula is C22H32N4O2S. The number of hydrogen-bond acceptors (Lipinski definition) is 5. The van der Waals surface area contributed by atoms with Crippen molar-refractivity contribution in [3.8, 4) is 0 Å². The third kappa shape index (κ3) is 4.39. The van der Waals surface area contributed by atoms with E-state index >= 15 is 0 Å². The van der Waals surface area contributed by atoms with E-state index < -0.39 is 0 Å². The zero-order chi connectivity index (χ0) is 20.5. The molecule has 0 aromatic carbocycles. The predicted molar refractivity (Wildman–Crippen MR) is 114 cm³/mol. The summed E-state index contributed by atoms with van der Waals surface area (Å²) in [5.41, 5.74) is 0. The Balaban J connectivity index is 1.40. The van der Waals surface area contributed by atoms with Crippen molar-refractivity contribution in [2.75, 3.05) is 0 Å². The van der Waals surface area contributed by atoms with Crippen LogP contribution in [0.25, 0.3) is 0 Å². The predicted octanol–water partition coefficient (Wildman–Crippen LogP) is 4.46. The molecule has 2 saturated carbocycles. The molecule has 7 heteroatoms. The summed E-state index contributed by atoms with van der Waals surface area (Å²) >= 11 is 1.47. The van der Waals surface area contributed by atoms with Crippen LogP contribution in [-0.4, -0.2) is 32.0 Å². The lowest BCUT2D eigenvalue weighted by Gasteiger charge is -2.29. The Morgan fingerprint density at radius 1 is 1.28 bits per heavy atom. The van der Waals surface area contributed by atoms with E-state index in [9.17, 15) is 4.79 Å². The Labute approximate surface area is 177 Å². The highest BCUT2D eigenvalue weighted by Crippen LogP contribution is 2.49. The molecule has 2 bridgehead atoms. The van der Waals surface area contributed by atoms with Crippen LogP contribution in [0.4, 0.5) is 0 Å². The summed E-state index contributed by atoms with van der Waals surface area (Å²) in [6.45, 7) is 8.91. The van der Waals surface area contributed by atoms with Crippen LogP contribution in [0.5, 0.6) is 0 Å². The third-order valence-electron chi connectivity index (χ3n) is 6.61. The fourth-order valence-electron chi connectivity index (χ4n) is 5.09. The lowest BCUT2D eigenvalue weighted by Crippen LogP contribution is -2.43. The van der Waals surface area contributed by atoms with E-state index in [1.165, 1.54) is 37.4 Å². The summed E-state index contributed by atoms with van der Waals surface area (Å²) < 4.78 is 7.58. The van der Waals surface area contributed by atoms with E-state index in [1.807, 2.05) is 19.1 Å². The molecule has 2 aliphatic rings. The molecule has 2 aliphatic carbocycles. The molecule has 1 N–H and O–H groups in total. The van der Waals surface area contributed by atoms with Gasteiger partial charge in [0.2, 0.25) is 5.91 Å². The van der Waals surface area contributed by atoms with Gasteiger partial charge in [-0.3, -0.25) is 9.36 Å². The van der Waals surface area contributed by atoms with Crippen LogP contribution in [0.2, 0.25) is 0 Å². The smallest absolute Gasteiger partial charge is 0.233 e. The molecule has 5 unspecified atom stereocenters. The summed E-state index contributed by atoms with van der Waals surface area (Å²) in [6.07, 6.45) is 7.05. The fraction of sp³-hybridized carbons (Fsp3) is 0.682. The molecule has 4 rings (SSSR count). The molecule has 2 aromatic heterocycles. The van der Waals surface area contributed by atoms with Gasteiger partial charge in [0.15, 0.2) is 5.16 Å². The minimum atomic E-state index is -0.226. The molecule has 29 heavy (non-hydrogen) atoms. The second-order valence-corrected chi connectivity index (χ2v) is 10.4. The minimum absolute atomic E-state index is 0.0870. The maximum absolute atomic E-state index is 12.9. The lowest BCUT2D eigenvalue weighted by molar-refractivity contribution is -0.121. The number of fused-ring (bicyclic) bond motifs is 2. The number of carbonyl (C=O) groups excluding carboxylic acids is 1. The van der Waals surface area contributed by atoms with Gasteiger partial charge in [-0.15, -0.1) is 10.2 Å². The molecule has 5 atom stereocenters. The topological polar surface area (TPSA) is 73.0 Å².